The standard InChI is InChI=1S/C18H22N4O3/c1-12-15(8-22-10-18(11-22)9-19-17(23)21(18)2)20-16(25-12)13-4-6-14(24-3)7-5-13/h4-7H,8-11H2,1-3H3,(H,19,23). The molecule has 2 aromatic rings. The smallest absolute Gasteiger partial charge is 0.317 e. The van der Waals surface area contributed by atoms with Crippen LogP contribution in [0.1, 0.15) is 11.5 Å². The van der Waals surface area contributed by atoms with Gasteiger partial charge in [-0.25, -0.2) is 9.78 Å². The van der Waals surface area contributed by atoms with Crippen molar-refractivity contribution in [2.75, 3.05) is 33.8 Å². The number of amides is 2. The van der Waals surface area contributed by atoms with E-state index in [2.05, 4.69) is 15.2 Å². The van der Waals surface area contributed by atoms with Crippen LogP contribution in [-0.4, -0.2) is 60.1 Å². The minimum absolute atomic E-state index is 0.0130. The first-order chi connectivity index (χ1) is 12.0. The highest BCUT2D eigenvalue weighted by Crippen LogP contribution is 2.32. The van der Waals surface area contributed by atoms with Crippen molar-refractivity contribution in [1.82, 2.24) is 20.1 Å². The maximum atomic E-state index is 11.7. The second-order valence-electron chi connectivity index (χ2n) is 6.84. The van der Waals surface area contributed by atoms with Crippen LogP contribution in [0.15, 0.2) is 28.7 Å². The molecule has 1 aromatic carbocycles. The topological polar surface area (TPSA) is 70.8 Å². The van der Waals surface area contributed by atoms with Gasteiger partial charge in [-0.2, -0.15) is 0 Å². The zero-order chi connectivity index (χ0) is 17.6. The van der Waals surface area contributed by atoms with E-state index in [1.54, 1.807) is 7.11 Å². The minimum Gasteiger partial charge on any atom is -0.497 e. The molecule has 1 N–H and O–H groups in total. The summed E-state index contributed by atoms with van der Waals surface area (Å²) in [5.74, 6) is 2.27. The van der Waals surface area contributed by atoms with Crippen molar-refractivity contribution >= 4 is 6.03 Å². The first kappa shape index (κ1) is 16.0. The van der Waals surface area contributed by atoms with Crippen molar-refractivity contribution in [3.63, 3.8) is 0 Å². The van der Waals surface area contributed by atoms with E-state index >= 15 is 0 Å². The number of hydrogen-bond donors (Lipinski definition) is 1. The highest BCUT2D eigenvalue weighted by atomic mass is 16.5. The van der Waals surface area contributed by atoms with Crippen LogP contribution in [0.3, 0.4) is 0 Å². The SMILES string of the molecule is COc1ccc(-c2nc(CN3CC4(CNC(=O)N4C)C3)c(C)o2)cc1. The summed E-state index contributed by atoms with van der Waals surface area (Å²) in [4.78, 5) is 20.4. The Kier molecular flexibility index (Phi) is 3.68. The number of likely N-dealkylation sites (N-methyl/N-ethyl adjacent to an activating group) is 1. The lowest BCUT2D eigenvalue weighted by Gasteiger charge is -2.50. The lowest BCUT2D eigenvalue weighted by atomic mass is 9.89. The second kappa shape index (κ2) is 5.77. The molecule has 0 saturated carbocycles. The third kappa shape index (κ3) is 2.64. The van der Waals surface area contributed by atoms with Gasteiger partial charge < -0.3 is 19.4 Å². The van der Waals surface area contributed by atoms with Crippen molar-refractivity contribution in [1.29, 1.82) is 0 Å². The Bertz CT molecular complexity index is 793. The summed E-state index contributed by atoms with van der Waals surface area (Å²) in [5.41, 5.74) is 1.81. The molecule has 1 spiro atoms. The van der Waals surface area contributed by atoms with Crippen molar-refractivity contribution in [2.45, 2.75) is 19.0 Å². The van der Waals surface area contributed by atoms with Crippen LogP contribution in [-0.2, 0) is 6.54 Å². The average Bonchev–Trinajstić information content (AvgIpc) is 3.10. The Morgan fingerprint density at radius 3 is 2.64 bits per heavy atom. The Morgan fingerprint density at radius 1 is 1.32 bits per heavy atom. The van der Waals surface area contributed by atoms with Gasteiger partial charge in [0, 0.05) is 38.8 Å². The van der Waals surface area contributed by atoms with Crippen LogP contribution < -0.4 is 10.1 Å². The van der Waals surface area contributed by atoms with Gasteiger partial charge in [-0.15, -0.1) is 0 Å². The van der Waals surface area contributed by atoms with Crippen molar-refractivity contribution in [3.05, 3.63) is 35.7 Å². The second-order valence-corrected chi connectivity index (χ2v) is 6.84. The maximum Gasteiger partial charge on any atom is 0.317 e. The number of oxazole rings is 1. The van der Waals surface area contributed by atoms with Gasteiger partial charge >= 0.3 is 6.03 Å². The molecule has 2 saturated heterocycles. The third-order valence-electron chi connectivity index (χ3n) is 5.22. The lowest BCUT2D eigenvalue weighted by molar-refractivity contribution is -0.00196. The summed E-state index contributed by atoms with van der Waals surface area (Å²) in [5, 5.41) is 2.91. The Labute approximate surface area is 146 Å². The van der Waals surface area contributed by atoms with E-state index in [9.17, 15) is 4.79 Å². The average molecular weight is 342 g/mol. The van der Waals surface area contributed by atoms with E-state index < -0.39 is 0 Å². The summed E-state index contributed by atoms with van der Waals surface area (Å²) >= 11 is 0. The fourth-order valence-corrected chi connectivity index (χ4v) is 3.56. The molecule has 132 valence electrons. The van der Waals surface area contributed by atoms with E-state index in [-0.39, 0.29) is 11.6 Å². The van der Waals surface area contributed by atoms with Crippen molar-refractivity contribution in [3.8, 4) is 17.2 Å². The molecule has 0 radical (unpaired) electrons. The Hall–Kier alpha value is -2.54. The number of urea groups is 1. The van der Waals surface area contributed by atoms with Crippen LogP contribution in [0.2, 0.25) is 0 Å². The van der Waals surface area contributed by atoms with Gasteiger partial charge in [-0.3, -0.25) is 4.90 Å². The number of aromatic nitrogens is 1. The summed E-state index contributed by atoms with van der Waals surface area (Å²) in [6, 6.07) is 7.69. The van der Waals surface area contributed by atoms with Crippen molar-refractivity contribution in [2.24, 2.45) is 0 Å². The minimum atomic E-state index is -0.0620. The number of nitrogens with zero attached hydrogens (tertiary/aromatic N) is 3. The van der Waals surface area contributed by atoms with Gasteiger partial charge in [0.05, 0.1) is 18.3 Å². The molecule has 2 fully saturated rings. The number of benzene rings is 1. The number of hydrogen-bond acceptors (Lipinski definition) is 5. The van der Waals surface area contributed by atoms with Gasteiger partial charge in [0.2, 0.25) is 5.89 Å². The molecule has 0 atom stereocenters. The number of ether oxygens (including phenoxy) is 1. The molecule has 2 amide bonds. The fourth-order valence-electron chi connectivity index (χ4n) is 3.56. The zero-order valence-electron chi connectivity index (χ0n) is 14.7. The number of nitrogens with one attached hydrogen (secondary N) is 1. The molecule has 1 aromatic heterocycles. The first-order valence-corrected chi connectivity index (χ1v) is 8.35. The Balaban J connectivity index is 1.44. The van der Waals surface area contributed by atoms with Crippen LogP contribution in [0.5, 0.6) is 5.75 Å². The summed E-state index contributed by atoms with van der Waals surface area (Å²) < 4.78 is 11.0. The molecule has 0 unspecified atom stereocenters. The van der Waals surface area contributed by atoms with Crippen molar-refractivity contribution < 1.29 is 13.9 Å². The highest BCUT2D eigenvalue weighted by Gasteiger charge is 2.51. The van der Waals surface area contributed by atoms with Gasteiger partial charge in [0.15, 0.2) is 0 Å². The van der Waals surface area contributed by atoms with Gasteiger partial charge in [-0.05, 0) is 31.2 Å². The molecule has 2 aliphatic rings. The molecule has 7 heteroatoms. The summed E-state index contributed by atoms with van der Waals surface area (Å²) in [7, 11) is 3.51. The summed E-state index contributed by atoms with van der Waals surface area (Å²) in [6.07, 6.45) is 0. The van der Waals surface area contributed by atoms with Crippen LogP contribution in [0.4, 0.5) is 4.79 Å². The van der Waals surface area contributed by atoms with E-state index in [0.717, 1.165) is 42.4 Å². The number of carbonyl (C=O) groups is 1. The number of methoxy groups -OCH3 is 1. The largest absolute Gasteiger partial charge is 0.497 e. The van der Waals surface area contributed by atoms with Crippen LogP contribution >= 0.6 is 0 Å². The first-order valence-electron chi connectivity index (χ1n) is 8.35. The monoisotopic (exact) mass is 342 g/mol. The van der Waals surface area contributed by atoms with E-state index in [1.807, 2.05) is 43.1 Å². The predicted octanol–water partition coefficient (Wildman–Crippen LogP) is 1.87. The molecule has 0 aliphatic carbocycles. The molecule has 7 nitrogen and oxygen atoms in total. The zero-order valence-corrected chi connectivity index (χ0v) is 14.7. The van der Waals surface area contributed by atoms with Gasteiger partial charge in [0.1, 0.15) is 11.5 Å². The number of likely N-dealkylation sites (tertiary alicyclic amines) is 1. The Morgan fingerprint density at radius 2 is 2.04 bits per heavy atom. The molecule has 2 aliphatic heterocycles. The number of rotatable bonds is 4. The molecule has 4 rings (SSSR count). The van der Waals surface area contributed by atoms with E-state index in [1.165, 1.54) is 0 Å². The van der Waals surface area contributed by atoms with Crippen LogP contribution in [0, 0.1) is 6.92 Å². The molecular formula is C18H22N4O3. The molecule has 0 bridgehead atoms. The van der Waals surface area contributed by atoms with Gasteiger partial charge in [0.25, 0.3) is 0 Å². The predicted molar refractivity (Wildman–Crippen MR) is 92.4 cm³/mol. The summed E-state index contributed by atoms with van der Waals surface area (Å²) in [6.45, 7) is 5.10. The number of aryl methyl sites for hydroxylation is 1. The lowest BCUT2D eigenvalue weighted by Crippen LogP contribution is -2.68. The third-order valence-corrected chi connectivity index (χ3v) is 5.22. The number of carbonyl (C=O) groups excluding carboxylic acids is 1. The molecular weight excluding hydrogens is 320 g/mol. The molecule has 25 heavy (non-hydrogen) atoms. The quantitative estimate of drug-likeness (QED) is 0.918. The highest BCUT2D eigenvalue weighted by molar-refractivity contribution is 5.78. The van der Waals surface area contributed by atoms with Gasteiger partial charge in [-0.1, -0.05) is 0 Å². The van der Waals surface area contributed by atoms with E-state index in [0.29, 0.717) is 12.4 Å². The maximum absolute atomic E-state index is 11.7. The van der Waals surface area contributed by atoms with Crippen LogP contribution in [0.25, 0.3) is 11.5 Å². The fraction of sp³-hybridized carbons (Fsp3) is 0.444. The van der Waals surface area contributed by atoms with E-state index in [4.69, 9.17) is 9.15 Å². The molecule has 3 heterocycles. The normalized spacial score (nSPS) is 19.2.